The molecular formula is C17H24O2. The zero-order chi connectivity index (χ0) is 13.8. The quantitative estimate of drug-likeness (QED) is 0.821. The molecule has 2 nitrogen and oxygen atoms in total. The Morgan fingerprint density at radius 1 is 1.37 bits per heavy atom. The number of hydrogen-bond acceptors (Lipinski definition) is 2. The molecule has 0 heterocycles. The predicted octanol–water partition coefficient (Wildman–Crippen LogP) is 3.88. The average molecular weight is 260 g/mol. The van der Waals surface area contributed by atoms with E-state index < -0.39 is 0 Å². The number of methoxy groups -OCH3 is 1. The molecular weight excluding hydrogens is 236 g/mol. The topological polar surface area (TPSA) is 26.3 Å². The summed E-state index contributed by atoms with van der Waals surface area (Å²) >= 11 is 0. The third-order valence-corrected chi connectivity index (χ3v) is 4.36. The van der Waals surface area contributed by atoms with Gasteiger partial charge in [-0.25, -0.2) is 0 Å². The van der Waals surface area contributed by atoms with Gasteiger partial charge in [0.1, 0.15) is 11.5 Å². The molecule has 0 amide bonds. The van der Waals surface area contributed by atoms with Crippen LogP contribution in [0.3, 0.4) is 0 Å². The van der Waals surface area contributed by atoms with E-state index in [9.17, 15) is 4.79 Å². The van der Waals surface area contributed by atoms with Crippen LogP contribution >= 0.6 is 0 Å². The van der Waals surface area contributed by atoms with E-state index in [1.165, 1.54) is 5.56 Å². The fourth-order valence-electron chi connectivity index (χ4n) is 3.03. The third-order valence-electron chi connectivity index (χ3n) is 4.36. The van der Waals surface area contributed by atoms with E-state index in [4.69, 9.17) is 4.74 Å². The van der Waals surface area contributed by atoms with Crippen LogP contribution in [-0.2, 0) is 11.2 Å². The molecule has 2 atom stereocenters. The number of carbonyl (C=O) groups excluding carboxylic acids is 1. The van der Waals surface area contributed by atoms with Gasteiger partial charge in [0.25, 0.3) is 0 Å². The molecule has 0 spiro atoms. The monoisotopic (exact) mass is 260 g/mol. The van der Waals surface area contributed by atoms with Crippen molar-refractivity contribution < 1.29 is 9.53 Å². The summed E-state index contributed by atoms with van der Waals surface area (Å²) in [4.78, 5) is 12.1. The summed E-state index contributed by atoms with van der Waals surface area (Å²) in [6, 6.07) is 8.09. The molecule has 2 rings (SSSR count). The van der Waals surface area contributed by atoms with Crippen molar-refractivity contribution in [3.63, 3.8) is 0 Å². The normalized spacial score (nSPS) is 23.7. The summed E-state index contributed by atoms with van der Waals surface area (Å²) in [5, 5.41) is 0. The number of ether oxygens (including phenoxy) is 1. The molecule has 0 radical (unpaired) electrons. The second-order valence-electron chi connectivity index (χ2n) is 6.00. The van der Waals surface area contributed by atoms with Crippen molar-refractivity contribution >= 4 is 5.78 Å². The maximum Gasteiger partial charge on any atom is 0.136 e. The molecule has 1 saturated carbocycles. The third kappa shape index (κ3) is 3.59. The summed E-state index contributed by atoms with van der Waals surface area (Å²) in [6.45, 7) is 4.53. The first-order chi connectivity index (χ1) is 9.10. The van der Waals surface area contributed by atoms with Crippen LogP contribution in [0.15, 0.2) is 24.3 Å². The Hall–Kier alpha value is -1.31. The van der Waals surface area contributed by atoms with Crippen LogP contribution in [0, 0.1) is 17.8 Å². The molecule has 1 fully saturated rings. The highest BCUT2D eigenvalue weighted by molar-refractivity contribution is 5.82. The molecule has 19 heavy (non-hydrogen) atoms. The largest absolute Gasteiger partial charge is 0.497 e. The molecule has 1 aliphatic carbocycles. The van der Waals surface area contributed by atoms with Gasteiger partial charge >= 0.3 is 0 Å². The standard InChI is InChI=1S/C17H24O2/c1-12(2)14-7-8-17(18)15(11-14)9-13-5-4-6-16(10-13)19-3/h4-6,10,12,14-15H,7-9,11H2,1-3H3. The van der Waals surface area contributed by atoms with Gasteiger partial charge < -0.3 is 4.74 Å². The molecule has 0 N–H and O–H groups in total. The molecule has 0 aliphatic heterocycles. The van der Waals surface area contributed by atoms with E-state index in [1.807, 2.05) is 18.2 Å². The number of Topliss-reactive ketones (excluding diaryl/α,β-unsaturated/α-hetero) is 1. The summed E-state index contributed by atoms with van der Waals surface area (Å²) < 4.78 is 5.25. The van der Waals surface area contributed by atoms with Crippen LogP contribution in [0.4, 0.5) is 0 Å². The molecule has 2 heteroatoms. The molecule has 1 aromatic rings. The van der Waals surface area contributed by atoms with E-state index >= 15 is 0 Å². The van der Waals surface area contributed by atoms with Crippen molar-refractivity contribution in [2.75, 3.05) is 7.11 Å². The van der Waals surface area contributed by atoms with Crippen LogP contribution < -0.4 is 4.74 Å². The fraction of sp³-hybridized carbons (Fsp3) is 0.588. The number of hydrogen-bond donors (Lipinski definition) is 0. The van der Waals surface area contributed by atoms with Crippen LogP contribution in [-0.4, -0.2) is 12.9 Å². The minimum atomic E-state index is 0.202. The van der Waals surface area contributed by atoms with Gasteiger partial charge in [-0.1, -0.05) is 26.0 Å². The number of ketones is 1. The second-order valence-corrected chi connectivity index (χ2v) is 6.00. The molecule has 0 aromatic heterocycles. The van der Waals surface area contributed by atoms with Crippen molar-refractivity contribution in [1.29, 1.82) is 0 Å². The lowest BCUT2D eigenvalue weighted by molar-refractivity contribution is -0.125. The zero-order valence-electron chi connectivity index (χ0n) is 12.2. The average Bonchev–Trinajstić information content (AvgIpc) is 2.41. The van der Waals surface area contributed by atoms with Gasteiger partial charge in [-0.05, 0) is 48.8 Å². The Kier molecular flexibility index (Phi) is 4.62. The van der Waals surface area contributed by atoms with Gasteiger partial charge in [0.05, 0.1) is 7.11 Å². The van der Waals surface area contributed by atoms with Crippen molar-refractivity contribution in [3.05, 3.63) is 29.8 Å². The van der Waals surface area contributed by atoms with Gasteiger partial charge in [0.2, 0.25) is 0 Å². The highest BCUT2D eigenvalue weighted by atomic mass is 16.5. The van der Waals surface area contributed by atoms with Crippen molar-refractivity contribution in [2.24, 2.45) is 17.8 Å². The molecule has 0 bridgehead atoms. The molecule has 2 unspecified atom stereocenters. The Balaban J connectivity index is 2.05. The second kappa shape index (κ2) is 6.23. The van der Waals surface area contributed by atoms with E-state index in [-0.39, 0.29) is 5.92 Å². The number of rotatable bonds is 4. The first-order valence-electron chi connectivity index (χ1n) is 7.25. The summed E-state index contributed by atoms with van der Waals surface area (Å²) in [5.41, 5.74) is 1.21. The smallest absolute Gasteiger partial charge is 0.136 e. The van der Waals surface area contributed by atoms with Gasteiger partial charge in [-0.15, -0.1) is 0 Å². The van der Waals surface area contributed by atoms with Crippen LogP contribution in [0.5, 0.6) is 5.75 Å². The van der Waals surface area contributed by atoms with Gasteiger partial charge in [0.15, 0.2) is 0 Å². The number of benzene rings is 1. The molecule has 0 saturated heterocycles. The van der Waals surface area contributed by atoms with Gasteiger partial charge in [-0.3, -0.25) is 4.79 Å². The van der Waals surface area contributed by atoms with E-state index in [0.29, 0.717) is 17.6 Å². The van der Waals surface area contributed by atoms with Crippen LogP contribution in [0.25, 0.3) is 0 Å². The van der Waals surface area contributed by atoms with E-state index in [1.54, 1.807) is 7.11 Å². The SMILES string of the molecule is COc1cccc(CC2CC(C(C)C)CCC2=O)c1. The molecule has 1 aromatic carbocycles. The number of carbonyl (C=O) groups is 1. The summed E-state index contributed by atoms with van der Waals surface area (Å²) in [7, 11) is 1.68. The Morgan fingerprint density at radius 2 is 2.16 bits per heavy atom. The first kappa shape index (κ1) is 14.1. The van der Waals surface area contributed by atoms with Crippen LogP contribution in [0.1, 0.15) is 38.7 Å². The predicted molar refractivity (Wildman–Crippen MR) is 77.4 cm³/mol. The molecule has 1 aliphatic rings. The highest BCUT2D eigenvalue weighted by Gasteiger charge is 2.30. The lowest BCUT2D eigenvalue weighted by atomic mass is 9.73. The summed E-state index contributed by atoms with van der Waals surface area (Å²) in [6.07, 6.45) is 3.75. The van der Waals surface area contributed by atoms with E-state index in [2.05, 4.69) is 19.9 Å². The first-order valence-corrected chi connectivity index (χ1v) is 7.25. The van der Waals surface area contributed by atoms with Crippen molar-refractivity contribution in [3.8, 4) is 5.75 Å². The summed E-state index contributed by atoms with van der Waals surface area (Å²) in [5.74, 6) is 2.91. The highest BCUT2D eigenvalue weighted by Crippen LogP contribution is 2.33. The maximum atomic E-state index is 12.1. The van der Waals surface area contributed by atoms with Crippen molar-refractivity contribution in [2.45, 2.75) is 39.5 Å². The van der Waals surface area contributed by atoms with Crippen LogP contribution in [0.2, 0.25) is 0 Å². The fourth-order valence-corrected chi connectivity index (χ4v) is 3.03. The molecule has 104 valence electrons. The van der Waals surface area contributed by atoms with Gasteiger partial charge in [-0.2, -0.15) is 0 Å². The van der Waals surface area contributed by atoms with E-state index in [0.717, 1.165) is 31.4 Å². The maximum absolute atomic E-state index is 12.1. The lowest BCUT2D eigenvalue weighted by Crippen LogP contribution is -2.28. The zero-order valence-corrected chi connectivity index (χ0v) is 12.2. The minimum absolute atomic E-state index is 0.202. The minimum Gasteiger partial charge on any atom is -0.497 e. The lowest BCUT2D eigenvalue weighted by Gasteiger charge is -2.30. The van der Waals surface area contributed by atoms with Crippen molar-refractivity contribution in [1.82, 2.24) is 0 Å². The van der Waals surface area contributed by atoms with Gasteiger partial charge in [0, 0.05) is 12.3 Å². The Bertz CT molecular complexity index is 437. The Morgan fingerprint density at radius 3 is 2.84 bits per heavy atom. The Labute approximate surface area is 116 Å².